The molecular weight excluding hydrogens is 224 g/mol. The Bertz CT molecular complexity index is 99.1. The predicted octanol–water partition coefficient (Wildman–Crippen LogP) is 0.827. The highest BCUT2D eigenvalue weighted by molar-refractivity contribution is 4.30. The Kier molecular flexibility index (Phi) is 23.8. The predicted molar refractivity (Wildman–Crippen MR) is 67.2 cm³/mol. The van der Waals surface area contributed by atoms with Gasteiger partial charge in [0.05, 0.1) is 39.6 Å². The molecule has 0 radical (unpaired) electrons. The Morgan fingerprint density at radius 3 is 1.29 bits per heavy atom. The molecule has 0 fully saturated rings. The second-order valence-electron chi connectivity index (χ2n) is 3.28. The lowest BCUT2D eigenvalue weighted by atomic mass is 10.5. The van der Waals surface area contributed by atoms with E-state index in [0.717, 1.165) is 26.1 Å². The molecule has 0 heterocycles. The number of aliphatic hydroxyl groups is 2. The molecule has 2 N–H and O–H groups in total. The van der Waals surface area contributed by atoms with Crippen molar-refractivity contribution in [2.75, 3.05) is 52.9 Å². The van der Waals surface area contributed by atoms with Crippen LogP contribution in [0.1, 0.15) is 26.7 Å². The third-order valence-electron chi connectivity index (χ3n) is 1.54. The summed E-state index contributed by atoms with van der Waals surface area (Å²) in [5, 5.41) is 16.5. The van der Waals surface area contributed by atoms with E-state index in [4.69, 9.17) is 24.4 Å². The molecule has 0 saturated heterocycles. The van der Waals surface area contributed by atoms with Crippen molar-refractivity contribution in [3.63, 3.8) is 0 Å². The minimum Gasteiger partial charge on any atom is -0.394 e. The van der Waals surface area contributed by atoms with Crippen LogP contribution in [0.25, 0.3) is 0 Å². The zero-order chi connectivity index (χ0) is 13.2. The Hall–Kier alpha value is -0.200. The Balaban J connectivity index is 0. The van der Waals surface area contributed by atoms with Gasteiger partial charge in [0.1, 0.15) is 0 Å². The summed E-state index contributed by atoms with van der Waals surface area (Å²) in [5.41, 5.74) is 0. The third-order valence-corrected chi connectivity index (χ3v) is 1.54. The van der Waals surface area contributed by atoms with Crippen molar-refractivity contribution in [3.05, 3.63) is 0 Å². The van der Waals surface area contributed by atoms with E-state index >= 15 is 0 Å². The maximum atomic E-state index is 8.30. The van der Waals surface area contributed by atoms with Gasteiger partial charge in [-0.3, -0.25) is 0 Å². The maximum absolute atomic E-state index is 8.30. The third kappa shape index (κ3) is 25.8. The van der Waals surface area contributed by atoms with Gasteiger partial charge in [-0.1, -0.05) is 13.8 Å². The lowest BCUT2D eigenvalue weighted by Gasteiger charge is -2.02. The van der Waals surface area contributed by atoms with Gasteiger partial charge in [0, 0.05) is 13.2 Å². The van der Waals surface area contributed by atoms with Gasteiger partial charge >= 0.3 is 0 Å². The molecule has 0 aromatic carbocycles. The molecule has 0 rings (SSSR count). The van der Waals surface area contributed by atoms with Crippen LogP contribution in [0, 0.1) is 0 Å². The van der Waals surface area contributed by atoms with Crippen LogP contribution in [0.5, 0.6) is 0 Å². The average Bonchev–Trinajstić information content (AvgIpc) is 2.35. The summed E-state index contributed by atoms with van der Waals surface area (Å²) in [6, 6.07) is 0. The molecule has 106 valence electrons. The maximum Gasteiger partial charge on any atom is 0.0701 e. The first-order valence-corrected chi connectivity index (χ1v) is 6.28. The summed E-state index contributed by atoms with van der Waals surface area (Å²) in [4.78, 5) is 0. The van der Waals surface area contributed by atoms with Gasteiger partial charge in [0.15, 0.2) is 0 Å². The molecule has 0 atom stereocenters. The Morgan fingerprint density at radius 1 is 0.588 bits per heavy atom. The van der Waals surface area contributed by atoms with E-state index in [-0.39, 0.29) is 13.2 Å². The number of ether oxygens (including phenoxy) is 3. The summed E-state index contributed by atoms with van der Waals surface area (Å²) >= 11 is 0. The highest BCUT2D eigenvalue weighted by atomic mass is 16.5. The quantitative estimate of drug-likeness (QED) is 0.533. The molecule has 0 aliphatic heterocycles. The van der Waals surface area contributed by atoms with Gasteiger partial charge in [0.25, 0.3) is 0 Å². The molecular formula is C12H28O5. The minimum atomic E-state index is 0.0910. The van der Waals surface area contributed by atoms with Crippen molar-refractivity contribution in [1.29, 1.82) is 0 Å². The summed E-state index contributed by atoms with van der Waals surface area (Å²) < 4.78 is 15.0. The van der Waals surface area contributed by atoms with Crippen molar-refractivity contribution in [2.24, 2.45) is 0 Å². The molecule has 17 heavy (non-hydrogen) atoms. The molecule has 0 aliphatic rings. The highest BCUT2D eigenvalue weighted by Gasteiger charge is 1.86. The van der Waals surface area contributed by atoms with Crippen LogP contribution in [0.2, 0.25) is 0 Å². The second-order valence-corrected chi connectivity index (χ2v) is 3.28. The van der Waals surface area contributed by atoms with E-state index in [9.17, 15) is 0 Å². The summed E-state index contributed by atoms with van der Waals surface area (Å²) in [5.74, 6) is 0. The van der Waals surface area contributed by atoms with Crippen molar-refractivity contribution >= 4 is 0 Å². The summed E-state index contributed by atoms with van der Waals surface area (Å²) in [7, 11) is 0. The summed E-state index contributed by atoms with van der Waals surface area (Å²) in [6.07, 6.45) is 2.07. The molecule has 0 aromatic heterocycles. The second kappa shape index (κ2) is 21.1. The van der Waals surface area contributed by atoms with Crippen LogP contribution in [0.3, 0.4) is 0 Å². The molecule has 0 aliphatic carbocycles. The molecule has 0 unspecified atom stereocenters. The monoisotopic (exact) mass is 252 g/mol. The first-order chi connectivity index (χ1) is 8.33. The van der Waals surface area contributed by atoms with Gasteiger partial charge in [-0.25, -0.2) is 0 Å². The zero-order valence-electron chi connectivity index (χ0n) is 11.2. The van der Waals surface area contributed by atoms with E-state index < -0.39 is 0 Å². The van der Waals surface area contributed by atoms with Gasteiger partial charge < -0.3 is 24.4 Å². The van der Waals surface area contributed by atoms with E-state index in [1.54, 1.807) is 0 Å². The van der Waals surface area contributed by atoms with E-state index in [2.05, 4.69) is 6.92 Å². The topological polar surface area (TPSA) is 68.2 Å². The van der Waals surface area contributed by atoms with Crippen LogP contribution < -0.4 is 0 Å². The fraction of sp³-hybridized carbons (Fsp3) is 1.00. The largest absolute Gasteiger partial charge is 0.394 e. The van der Waals surface area contributed by atoms with Crippen LogP contribution in [-0.4, -0.2) is 63.1 Å². The molecule has 0 saturated carbocycles. The van der Waals surface area contributed by atoms with Gasteiger partial charge in [-0.05, 0) is 12.8 Å². The summed E-state index contributed by atoms with van der Waals surface area (Å²) in [6.45, 7) is 8.00. The molecule has 0 amide bonds. The fourth-order valence-corrected chi connectivity index (χ4v) is 0.842. The number of aliphatic hydroxyl groups excluding tert-OH is 2. The van der Waals surface area contributed by atoms with Gasteiger partial charge in [-0.2, -0.15) is 0 Å². The number of rotatable bonds is 11. The molecule has 0 bridgehead atoms. The van der Waals surface area contributed by atoms with Crippen molar-refractivity contribution in [2.45, 2.75) is 26.7 Å². The average molecular weight is 252 g/mol. The van der Waals surface area contributed by atoms with Crippen LogP contribution in [-0.2, 0) is 14.2 Å². The normalized spacial score (nSPS) is 9.88. The zero-order valence-corrected chi connectivity index (χ0v) is 11.2. The van der Waals surface area contributed by atoms with Crippen LogP contribution >= 0.6 is 0 Å². The van der Waals surface area contributed by atoms with Crippen LogP contribution in [0.15, 0.2) is 0 Å². The Labute approximate surface area is 105 Å². The van der Waals surface area contributed by atoms with Crippen molar-refractivity contribution in [1.82, 2.24) is 0 Å². The lowest BCUT2D eigenvalue weighted by molar-refractivity contribution is 0.0333. The SMILES string of the molecule is CCCOCCO.CCCOCCOCCO. The van der Waals surface area contributed by atoms with Crippen molar-refractivity contribution < 1.29 is 24.4 Å². The van der Waals surface area contributed by atoms with Gasteiger partial charge in [0.2, 0.25) is 0 Å². The molecule has 0 aromatic rings. The first kappa shape index (κ1) is 19.1. The van der Waals surface area contributed by atoms with Crippen LogP contribution in [0.4, 0.5) is 0 Å². The van der Waals surface area contributed by atoms with E-state index in [0.29, 0.717) is 26.4 Å². The lowest BCUT2D eigenvalue weighted by Crippen LogP contribution is -2.07. The number of hydrogen-bond acceptors (Lipinski definition) is 5. The van der Waals surface area contributed by atoms with Gasteiger partial charge in [-0.15, -0.1) is 0 Å². The Morgan fingerprint density at radius 2 is 0.941 bits per heavy atom. The standard InChI is InChI=1S/C7H16O3.C5H12O2/c1-2-4-9-6-7-10-5-3-8;1-2-4-7-5-3-6/h8H,2-7H2,1H3;6H,2-5H2,1H3. The minimum absolute atomic E-state index is 0.0910. The van der Waals surface area contributed by atoms with Crippen molar-refractivity contribution in [3.8, 4) is 0 Å². The highest BCUT2D eigenvalue weighted by Crippen LogP contribution is 1.80. The smallest absolute Gasteiger partial charge is 0.0701 e. The number of hydrogen-bond donors (Lipinski definition) is 2. The molecule has 5 heteroatoms. The first-order valence-electron chi connectivity index (χ1n) is 6.28. The van der Waals surface area contributed by atoms with E-state index in [1.807, 2.05) is 6.92 Å². The molecule has 0 spiro atoms. The fourth-order valence-electron chi connectivity index (χ4n) is 0.842. The van der Waals surface area contributed by atoms with E-state index in [1.165, 1.54) is 0 Å². The molecule has 5 nitrogen and oxygen atoms in total.